The summed E-state index contributed by atoms with van der Waals surface area (Å²) in [7, 11) is 1.62. The highest BCUT2D eigenvalue weighted by Gasteiger charge is 2.26. The van der Waals surface area contributed by atoms with Gasteiger partial charge < -0.3 is 18.6 Å². The second-order valence-corrected chi connectivity index (χ2v) is 7.96. The minimum absolute atomic E-state index is 0.251. The van der Waals surface area contributed by atoms with E-state index in [2.05, 4.69) is 4.90 Å². The van der Waals surface area contributed by atoms with Crippen LogP contribution < -0.4 is 15.1 Å². The van der Waals surface area contributed by atoms with Crippen LogP contribution in [0.2, 0.25) is 0 Å². The van der Waals surface area contributed by atoms with E-state index < -0.39 is 0 Å². The molecule has 1 aromatic heterocycles. The Hall–Kier alpha value is -2.83. The minimum Gasteiger partial charge on any atom is -0.497 e. The summed E-state index contributed by atoms with van der Waals surface area (Å²) in [5.74, 6) is 1.53. The van der Waals surface area contributed by atoms with Crippen LogP contribution in [0.25, 0.3) is 22.1 Å². The van der Waals surface area contributed by atoms with Gasteiger partial charge in [-0.25, -0.2) is 4.79 Å². The Balaban J connectivity index is 1.54. The molecule has 3 heterocycles. The first-order valence-electron chi connectivity index (χ1n) is 10.3. The predicted octanol–water partition coefficient (Wildman–Crippen LogP) is 4.11. The van der Waals surface area contributed by atoms with Gasteiger partial charge in [0, 0.05) is 25.1 Å². The molecule has 30 heavy (non-hydrogen) atoms. The van der Waals surface area contributed by atoms with Gasteiger partial charge >= 0.3 is 5.63 Å². The van der Waals surface area contributed by atoms with Crippen LogP contribution in [0.1, 0.15) is 24.0 Å². The molecule has 6 nitrogen and oxygen atoms in total. The second-order valence-electron chi connectivity index (χ2n) is 7.96. The lowest BCUT2D eigenvalue weighted by atomic mass is 9.97. The summed E-state index contributed by atoms with van der Waals surface area (Å²) in [6.07, 6.45) is 2.44. The first-order valence-corrected chi connectivity index (χ1v) is 10.3. The van der Waals surface area contributed by atoms with Gasteiger partial charge in [0.05, 0.1) is 24.3 Å². The molecule has 2 aliphatic heterocycles. The molecule has 2 aliphatic rings. The summed E-state index contributed by atoms with van der Waals surface area (Å²) in [6.45, 7) is 4.82. The van der Waals surface area contributed by atoms with Crippen molar-refractivity contribution in [3.8, 4) is 22.6 Å². The Morgan fingerprint density at radius 3 is 2.73 bits per heavy atom. The van der Waals surface area contributed by atoms with Crippen molar-refractivity contribution in [2.24, 2.45) is 0 Å². The predicted molar refractivity (Wildman–Crippen MR) is 114 cm³/mol. The van der Waals surface area contributed by atoms with Gasteiger partial charge in [-0.1, -0.05) is 12.1 Å². The third-order valence-corrected chi connectivity index (χ3v) is 6.04. The molecule has 0 amide bonds. The molecule has 1 fully saturated rings. The van der Waals surface area contributed by atoms with Crippen molar-refractivity contribution in [3.05, 3.63) is 57.9 Å². The molecule has 3 aromatic rings. The largest absolute Gasteiger partial charge is 0.497 e. The van der Waals surface area contributed by atoms with Crippen LogP contribution in [0.15, 0.2) is 45.6 Å². The van der Waals surface area contributed by atoms with E-state index in [1.54, 1.807) is 7.11 Å². The van der Waals surface area contributed by atoms with Gasteiger partial charge in [-0.05, 0) is 55.2 Å². The van der Waals surface area contributed by atoms with Gasteiger partial charge in [0.15, 0.2) is 0 Å². The molecule has 1 atom stereocenters. The summed E-state index contributed by atoms with van der Waals surface area (Å²) in [4.78, 5) is 15.2. The van der Waals surface area contributed by atoms with E-state index >= 15 is 0 Å². The number of benzene rings is 2. The average molecular weight is 407 g/mol. The summed E-state index contributed by atoms with van der Waals surface area (Å²) in [5.41, 5.74) is 3.51. The molecule has 1 saturated heterocycles. The minimum atomic E-state index is -0.338. The van der Waals surface area contributed by atoms with Crippen LogP contribution in [0.5, 0.6) is 11.5 Å². The zero-order chi connectivity index (χ0) is 20.7. The van der Waals surface area contributed by atoms with Crippen LogP contribution in [0, 0.1) is 6.92 Å². The normalized spacial score (nSPS) is 18.9. The fourth-order valence-corrected chi connectivity index (χ4v) is 4.45. The lowest BCUT2D eigenvalue weighted by molar-refractivity contribution is 0.0281. The summed E-state index contributed by atoms with van der Waals surface area (Å²) < 4.78 is 22.8. The number of hydrogen-bond donors (Lipinski definition) is 0. The maximum Gasteiger partial charge on any atom is 0.344 e. The topological polar surface area (TPSA) is 61.1 Å². The van der Waals surface area contributed by atoms with Gasteiger partial charge in [0.2, 0.25) is 0 Å². The van der Waals surface area contributed by atoms with Gasteiger partial charge in [0.25, 0.3) is 0 Å². The van der Waals surface area contributed by atoms with Crippen LogP contribution in [0.3, 0.4) is 0 Å². The molecule has 0 unspecified atom stereocenters. The van der Waals surface area contributed by atoms with Gasteiger partial charge in [-0.3, -0.25) is 4.90 Å². The standard InChI is InChI=1S/C24H25NO5/c1-15-19-9-10-21-20(13-25(14-29-21)12-18-4-3-11-28-18)23(19)30-24(26)22(15)16-5-7-17(27-2)8-6-16/h5-10,18H,3-4,11-14H2,1-2H3/t18-/m1/s1. The number of nitrogens with zero attached hydrogens (tertiary/aromatic N) is 1. The monoisotopic (exact) mass is 407 g/mol. The van der Waals surface area contributed by atoms with Crippen molar-refractivity contribution < 1.29 is 18.6 Å². The average Bonchev–Trinajstić information content (AvgIpc) is 3.27. The van der Waals surface area contributed by atoms with E-state index in [1.807, 2.05) is 43.3 Å². The summed E-state index contributed by atoms with van der Waals surface area (Å²) in [6, 6.07) is 11.4. The fourth-order valence-electron chi connectivity index (χ4n) is 4.45. The number of fused-ring (bicyclic) bond motifs is 3. The second kappa shape index (κ2) is 7.78. The zero-order valence-corrected chi connectivity index (χ0v) is 17.3. The maximum absolute atomic E-state index is 13.0. The van der Waals surface area contributed by atoms with Gasteiger partial charge in [0.1, 0.15) is 23.8 Å². The van der Waals surface area contributed by atoms with Crippen molar-refractivity contribution in [1.29, 1.82) is 0 Å². The Kier molecular flexibility index (Phi) is 4.97. The smallest absolute Gasteiger partial charge is 0.344 e. The van der Waals surface area contributed by atoms with Crippen LogP contribution in [-0.2, 0) is 11.3 Å². The molecule has 5 rings (SSSR count). The van der Waals surface area contributed by atoms with Crippen molar-refractivity contribution in [2.45, 2.75) is 32.4 Å². The molecule has 0 saturated carbocycles. The lowest BCUT2D eigenvalue weighted by Crippen LogP contribution is -2.37. The van der Waals surface area contributed by atoms with Crippen molar-refractivity contribution in [1.82, 2.24) is 4.90 Å². The highest BCUT2D eigenvalue weighted by atomic mass is 16.5. The molecule has 156 valence electrons. The van der Waals surface area contributed by atoms with Gasteiger partial charge in [-0.2, -0.15) is 0 Å². The van der Waals surface area contributed by atoms with Gasteiger partial charge in [-0.15, -0.1) is 0 Å². The number of ether oxygens (including phenoxy) is 3. The van der Waals surface area contributed by atoms with E-state index in [0.29, 0.717) is 24.4 Å². The Morgan fingerprint density at radius 1 is 1.17 bits per heavy atom. The molecular weight excluding hydrogens is 382 g/mol. The van der Waals surface area contributed by atoms with E-state index in [0.717, 1.165) is 59.6 Å². The third-order valence-electron chi connectivity index (χ3n) is 6.04. The molecule has 0 aliphatic carbocycles. The molecular formula is C24H25NO5. The third kappa shape index (κ3) is 3.36. The van der Waals surface area contributed by atoms with Crippen LogP contribution >= 0.6 is 0 Å². The molecule has 0 radical (unpaired) electrons. The maximum atomic E-state index is 13.0. The Bertz CT molecular complexity index is 1130. The number of hydrogen-bond acceptors (Lipinski definition) is 6. The molecule has 0 N–H and O–H groups in total. The quantitative estimate of drug-likeness (QED) is 0.607. The SMILES string of the molecule is COc1ccc(-c2c(C)c3ccc4c(c3oc2=O)CN(C[C@H]2CCCO2)CO4)cc1. The van der Waals surface area contributed by atoms with Crippen molar-refractivity contribution in [3.63, 3.8) is 0 Å². The molecule has 2 aromatic carbocycles. The van der Waals surface area contributed by atoms with E-state index in [4.69, 9.17) is 18.6 Å². The van der Waals surface area contributed by atoms with Crippen LogP contribution in [-0.4, -0.2) is 38.0 Å². The fraction of sp³-hybridized carbons (Fsp3) is 0.375. The molecule has 0 bridgehead atoms. The number of rotatable bonds is 4. The highest BCUT2D eigenvalue weighted by Crippen LogP contribution is 2.36. The highest BCUT2D eigenvalue weighted by molar-refractivity contribution is 5.90. The van der Waals surface area contributed by atoms with Crippen molar-refractivity contribution in [2.75, 3.05) is 27.0 Å². The molecule has 0 spiro atoms. The Morgan fingerprint density at radius 2 is 2.00 bits per heavy atom. The van der Waals surface area contributed by atoms with E-state index in [9.17, 15) is 4.79 Å². The summed E-state index contributed by atoms with van der Waals surface area (Å²) >= 11 is 0. The number of aryl methyl sites for hydroxylation is 1. The lowest BCUT2D eigenvalue weighted by Gasteiger charge is -2.30. The van der Waals surface area contributed by atoms with E-state index in [1.165, 1.54) is 0 Å². The van der Waals surface area contributed by atoms with Crippen molar-refractivity contribution >= 4 is 11.0 Å². The Labute approximate surface area is 175 Å². The van der Waals surface area contributed by atoms with Crippen LogP contribution in [0.4, 0.5) is 0 Å². The zero-order valence-electron chi connectivity index (χ0n) is 17.3. The number of methoxy groups -OCH3 is 1. The molecule has 6 heteroatoms. The first kappa shape index (κ1) is 19.2. The summed E-state index contributed by atoms with van der Waals surface area (Å²) in [5, 5.41) is 0.932. The first-order chi connectivity index (χ1) is 14.6. The van der Waals surface area contributed by atoms with E-state index in [-0.39, 0.29) is 11.7 Å².